The quantitative estimate of drug-likeness (QED) is 0.555. The minimum atomic E-state index is -1.05. The van der Waals surface area contributed by atoms with Gasteiger partial charge in [0.05, 0.1) is 20.2 Å². The molecule has 1 aromatic carbocycles. The van der Waals surface area contributed by atoms with Crippen LogP contribution in [0.3, 0.4) is 0 Å². The fourth-order valence-electron chi connectivity index (χ4n) is 1.74. The molecule has 0 saturated heterocycles. The third kappa shape index (κ3) is 3.98. The number of non-ortho nitro benzene ring substituents is 1. The molecule has 23 heavy (non-hydrogen) atoms. The monoisotopic (exact) mass is 354 g/mol. The van der Waals surface area contributed by atoms with Crippen molar-refractivity contribution in [2.24, 2.45) is 0 Å². The molecule has 2 aliphatic rings. The number of rotatable bonds is 3. The van der Waals surface area contributed by atoms with Crippen molar-refractivity contribution in [2.45, 2.75) is 13.0 Å². The van der Waals surface area contributed by atoms with Crippen LogP contribution in [0, 0.1) is 20.6 Å². The maximum Gasteiger partial charge on any atom is 0.277 e. The molecular formula is C15H12Cl2N2O4. The number of nitro groups is 1. The van der Waals surface area contributed by atoms with Crippen LogP contribution in [0.1, 0.15) is 6.92 Å². The molecule has 1 unspecified atom stereocenters. The predicted octanol–water partition coefficient (Wildman–Crippen LogP) is 3.51. The van der Waals surface area contributed by atoms with Crippen LogP contribution in [0.5, 0.6) is 0 Å². The maximum absolute atomic E-state index is 11.1. The number of anilines is 1. The van der Waals surface area contributed by atoms with Gasteiger partial charge in [-0.2, -0.15) is 0 Å². The zero-order valence-electron chi connectivity index (χ0n) is 11.9. The van der Waals surface area contributed by atoms with Crippen LogP contribution < -0.4 is 5.32 Å². The molecule has 1 atom stereocenters. The minimum Gasteiger partial charge on any atom is -0.384 e. The van der Waals surface area contributed by atoms with Crippen molar-refractivity contribution in [1.29, 1.82) is 0 Å². The second-order valence-corrected chi connectivity index (χ2v) is 5.60. The van der Waals surface area contributed by atoms with E-state index in [2.05, 4.69) is 5.32 Å². The van der Waals surface area contributed by atoms with Crippen molar-refractivity contribution in [3.05, 3.63) is 67.0 Å². The third-order valence-corrected chi connectivity index (χ3v) is 3.81. The van der Waals surface area contributed by atoms with E-state index in [4.69, 9.17) is 28.3 Å². The summed E-state index contributed by atoms with van der Waals surface area (Å²) in [6.45, 7) is 1.38. The molecule has 0 aliphatic heterocycles. The first-order valence-corrected chi connectivity index (χ1v) is 7.28. The van der Waals surface area contributed by atoms with E-state index in [1.165, 1.54) is 13.0 Å². The van der Waals surface area contributed by atoms with Gasteiger partial charge in [0.2, 0.25) is 0 Å². The van der Waals surface area contributed by atoms with Crippen molar-refractivity contribution >= 4 is 40.5 Å². The number of hydrogen-bond donors (Lipinski definition) is 2. The second-order valence-electron chi connectivity index (χ2n) is 4.78. The van der Waals surface area contributed by atoms with E-state index in [0.29, 0.717) is 15.7 Å². The highest BCUT2D eigenvalue weighted by Crippen LogP contribution is 2.25. The number of aliphatic hydroxyl groups excluding tert-OH is 1. The van der Waals surface area contributed by atoms with Gasteiger partial charge in [-0.3, -0.25) is 14.9 Å². The molecule has 1 amide bonds. The van der Waals surface area contributed by atoms with Crippen LogP contribution in [0.4, 0.5) is 11.4 Å². The number of benzene rings is 2. The van der Waals surface area contributed by atoms with E-state index < -0.39 is 12.0 Å². The number of hydrogen-bond acceptors (Lipinski definition) is 4. The van der Waals surface area contributed by atoms with Gasteiger partial charge in [0.15, 0.2) is 0 Å². The number of nitrogens with zero attached hydrogens (tertiary/aromatic N) is 1. The first-order chi connectivity index (χ1) is 10.8. The maximum atomic E-state index is 11.1. The number of nitrogens with one attached hydrogen (secondary N) is 1. The molecule has 0 radical (unpaired) electrons. The summed E-state index contributed by atoms with van der Waals surface area (Å²) < 4.78 is 0. The van der Waals surface area contributed by atoms with Crippen molar-refractivity contribution in [3.8, 4) is 0 Å². The van der Waals surface area contributed by atoms with E-state index in [1.54, 1.807) is 24.3 Å². The number of nitro benzene ring substituents is 1. The van der Waals surface area contributed by atoms with Gasteiger partial charge >= 0.3 is 0 Å². The number of halogens is 2. The highest BCUT2D eigenvalue weighted by Gasteiger charge is 2.15. The Labute approximate surface area is 141 Å². The summed E-state index contributed by atoms with van der Waals surface area (Å²) in [4.78, 5) is 20.8. The number of amides is 1. The number of carbonyl (C=O) groups is 1. The summed E-state index contributed by atoms with van der Waals surface area (Å²) in [7, 11) is 0. The van der Waals surface area contributed by atoms with Crippen molar-refractivity contribution < 1.29 is 14.8 Å². The Balaban J connectivity index is 0.000000182. The van der Waals surface area contributed by atoms with E-state index in [0.717, 1.165) is 10.4 Å². The SMILES string of the molecule is CC(O)C(=O)Nc1ccc(Cl)c(Cl)c1.O=[N+]([O-])c1cc2ccc1=2. The Kier molecular flexibility index (Phi) is 5.20. The lowest BCUT2D eigenvalue weighted by atomic mass is 10.1. The zero-order chi connectivity index (χ0) is 17.1. The van der Waals surface area contributed by atoms with Gasteiger partial charge in [-0.05, 0) is 36.4 Å². The Hall–Kier alpha value is -2.15. The molecule has 0 spiro atoms. The lowest BCUT2D eigenvalue weighted by molar-refractivity contribution is -0.386. The average molecular weight is 355 g/mol. The largest absolute Gasteiger partial charge is 0.384 e. The smallest absolute Gasteiger partial charge is 0.277 e. The normalized spacial score (nSPS) is 11.8. The van der Waals surface area contributed by atoms with Crippen LogP contribution in [-0.2, 0) is 4.79 Å². The fourth-order valence-corrected chi connectivity index (χ4v) is 2.04. The first-order valence-electron chi connectivity index (χ1n) is 6.52. The van der Waals surface area contributed by atoms with Gasteiger partial charge in [-0.1, -0.05) is 29.3 Å². The van der Waals surface area contributed by atoms with Crippen molar-refractivity contribution in [3.63, 3.8) is 0 Å². The Morgan fingerprint density at radius 1 is 1.22 bits per heavy atom. The van der Waals surface area contributed by atoms with Gasteiger partial charge in [-0.25, -0.2) is 0 Å². The van der Waals surface area contributed by atoms with Crippen LogP contribution in [-0.4, -0.2) is 22.0 Å². The molecule has 3 rings (SSSR count). The summed E-state index contributed by atoms with van der Waals surface area (Å²) in [6, 6.07) is 9.89. The van der Waals surface area contributed by atoms with Gasteiger partial charge in [0.25, 0.3) is 11.6 Å². The summed E-state index contributed by atoms with van der Waals surface area (Å²) in [5, 5.41) is 24.0. The second kappa shape index (κ2) is 6.95. The molecule has 0 saturated carbocycles. The Morgan fingerprint density at radius 3 is 2.26 bits per heavy atom. The lowest BCUT2D eigenvalue weighted by Crippen LogP contribution is -2.24. The first kappa shape index (κ1) is 17.2. The number of aliphatic hydroxyl groups is 1. The summed E-state index contributed by atoms with van der Waals surface area (Å²) in [5.74, 6) is -0.483. The topological polar surface area (TPSA) is 92.5 Å². The highest BCUT2D eigenvalue weighted by atomic mass is 35.5. The molecule has 8 heteroatoms. The molecule has 0 bridgehead atoms. The van der Waals surface area contributed by atoms with Crippen LogP contribution in [0.25, 0.3) is 0 Å². The van der Waals surface area contributed by atoms with Crippen LogP contribution in [0.2, 0.25) is 10.0 Å². The fraction of sp³-hybridized carbons (Fsp3) is 0.133. The van der Waals surface area contributed by atoms with E-state index in [9.17, 15) is 14.9 Å². The lowest BCUT2D eigenvalue weighted by Gasteiger charge is -2.07. The molecule has 2 N–H and O–H groups in total. The summed E-state index contributed by atoms with van der Waals surface area (Å²) in [6.07, 6.45) is -1.05. The predicted molar refractivity (Wildman–Crippen MR) is 87.5 cm³/mol. The molecular weight excluding hydrogens is 343 g/mol. The van der Waals surface area contributed by atoms with Crippen molar-refractivity contribution in [2.75, 3.05) is 5.32 Å². The van der Waals surface area contributed by atoms with Gasteiger partial charge in [0.1, 0.15) is 6.10 Å². The van der Waals surface area contributed by atoms with Gasteiger partial charge < -0.3 is 10.4 Å². The molecule has 1 aromatic rings. The van der Waals surface area contributed by atoms with Crippen molar-refractivity contribution in [1.82, 2.24) is 0 Å². The van der Waals surface area contributed by atoms with Crippen LogP contribution in [0.15, 0.2) is 36.4 Å². The Morgan fingerprint density at radius 2 is 1.91 bits per heavy atom. The Bertz CT molecular complexity index is 868. The molecule has 120 valence electrons. The van der Waals surface area contributed by atoms with E-state index in [1.807, 2.05) is 6.07 Å². The summed E-state index contributed by atoms with van der Waals surface area (Å²) >= 11 is 11.4. The average Bonchev–Trinajstić information content (AvgIpc) is 2.46. The van der Waals surface area contributed by atoms with E-state index >= 15 is 0 Å². The zero-order valence-corrected chi connectivity index (χ0v) is 13.4. The minimum absolute atomic E-state index is 0.257. The molecule has 0 fully saturated rings. The number of carbonyl (C=O) groups excluding carboxylic acids is 1. The van der Waals surface area contributed by atoms with E-state index in [-0.39, 0.29) is 10.6 Å². The molecule has 0 aromatic heterocycles. The third-order valence-electron chi connectivity index (χ3n) is 3.07. The van der Waals surface area contributed by atoms with Gasteiger partial charge in [-0.15, -0.1) is 0 Å². The standard InChI is InChI=1S/C9H9Cl2NO2.C6H3NO2/c1-5(13)9(14)12-6-2-3-7(10)8(11)4-6;8-7(9)6-3-4-1-2-5(4)6/h2-5,13H,1H3,(H,12,14);1-3H. The van der Waals surface area contributed by atoms with Crippen LogP contribution >= 0.6 is 23.2 Å². The molecule has 2 aliphatic carbocycles. The molecule has 6 nitrogen and oxygen atoms in total. The highest BCUT2D eigenvalue weighted by molar-refractivity contribution is 6.42. The van der Waals surface area contributed by atoms with Gasteiger partial charge in [0, 0.05) is 11.8 Å². The summed E-state index contributed by atoms with van der Waals surface area (Å²) in [5.41, 5.74) is 0.762. The molecule has 0 heterocycles.